The van der Waals surface area contributed by atoms with Gasteiger partial charge in [0.15, 0.2) is 12.4 Å². The number of piperidine rings is 1. The van der Waals surface area contributed by atoms with Crippen LogP contribution in [0.2, 0.25) is 0 Å². The van der Waals surface area contributed by atoms with Crippen molar-refractivity contribution in [2.45, 2.75) is 18.6 Å². The molecule has 2 saturated heterocycles. The first kappa shape index (κ1) is 16.7. The number of nitrogens with zero attached hydrogens (tertiary/aromatic N) is 1. The summed E-state index contributed by atoms with van der Waals surface area (Å²) in [6, 6.07) is 9.08. The average Bonchev–Trinajstić information content (AvgIpc) is 3.07. The molecule has 0 radical (unpaired) electrons. The minimum atomic E-state index is -0.496. The zero-order valence-electron chi connectivity index (χ0n) is 13.5. The van der Waals surface area contributed by atoms with Crippen molar-refractivity contribution in [3.05, 3.63) is 30.3 Å². The third kappa shape index (κ3) is 4.24. The maximum atomic E-state index is 12.2. The van der Waals surface area contributed by atoms with Gasteiger partial charge in [-0.25, -0.2) is 0 Å². The summed E-state index contributed by atoms with van der Waals surface area (Å²) in [7, 11) is 0. The zero-order valence-corrected chi connectivity index (χ0v) is 13.5. The van der Waals surface area contributed by atoms with Crippen LogP contribution >= 0.6 is 0 Å². The quantitative estimate of drug-likeness (QED) is 0.851. The highest BCUT2D eigenvalue weighted by Gasteiger charge is 2.40. The molecule has 0 bridgehead atoms. The van der Waals surface area contributed by atoms with Gasteiger partial charge in [0.2, 0.25) is 5.91 Å². The maximum Gasteiger partial charge on any atom is 0.258 e. The highest BCUT2D eigenvalue weighted by Crippen LogP contribution is 2.31. The zero-order chi connectivity index (χ0) is 16.8. The molecule has 1 aromatic rings. The molecule has 1 N–H and O–H groups in total. The van der Waals surface area contributed by atoms with E-state index in [1.54, 1.807) is 17.0 Å². The molecule has 24 heavy (non-hydrogen) atoms. The Kier molecular flexibility index (Phi) is 5.32. The molecule has 2 amide bonds. The molecule has 0 atom stereocenters. The number of likely N-dealkylation sites (tertiary alicyclic amines) is 1. The van der Waals surface area contributed by atoms with Crippen LogP contribution in [0, 0.1) is 0 Å². The highest BCUT2D eigenvalue weighted by atomic mass is 16.7. The first-order valence-electron chi connectivity index (χ1n) is 8.17. The monoisotopic (exact) mass is 334 g/mol. The van der Waals surface area contributed by atoms with Crippen LogP contribution in [-0.2, 0) is 19.1 Å². The molecule has 130 valence electrons. The fourth-order valence-electron chi connectivity index (χ4n) is 2.89. The predicted molar refractivity (Wildman–Crippen MR) is 85.4 cm³/mol. The van der Waals surface area contributed by atoms with Crippen LogP contribution < -0.4 is 10.1 Å². The summed E-state index contributed by atoms with van der Waals surface area (Å²) in [5.41, 5.74) is 0. The Labute approximate surface area is 140 Å². The lowest BCUT2D eigenvalue weighted by atomic mass is 10.0. The van der Waals surface area contributed by atoms with E-state index in [1.165, 1.54) is 0 Å². The van der Waals surface area contributed by atoms with Crippen LogP contribution in [-0.4, -0.2) is 62.0 Å². The molecule has 0 saturated carbocycles. The van der Waals surface area contributed by atoms with Gasteiger partial charge >= 0.3 is 0 Å². The van der Waals surface area contributed by atoms with Crippen LogP contribution in [0.3, 0.4) is 0 Å². The average molecular weight is 334 g/mol. The summed E-state index contributed by atoms with van der Waals surface area (Å²) in [4.78, 5) is 25.7. The Morgan fingerprint density at radius 2 is 1.79 bits per heavy atom. The van der Waals surface area contributed by atoms with Crippen molar-refractivity contribution in [2.24, 2.45) is 0 Å². The third-order valence-electron chi connectivity index (χ3n) is 4.24. The summed E-state index contributed by atoms with van der Waals surface area (Å²) < 4.78 is 16.6. The number of carbonyl (C=O) groups excluding carboxylic acids is 2. The number of para-hydroxylation sites is 1. The molecule has 0 unspecified atom stereocenters. The first-order chi connectivity index (χ1) is 11.7. The predicted octanol–water partition coefficient (Wildman–Crippen LogP) is 0.547. The van der Waals surface area contributed by atoms with E-state index in [9.17, 15) is 9.59 Å². The molecule has 1 aromatic carbocycles. The van der Waals surface area contributed by atoms with E-state index in [-0.39, 0.29) is 25.0 Å². The van der Waals surface area contributed by atoms with Crippen LogP contribution in [0.15, 0.2) is 30.3 Å². The van der Waals surface area contributed by atoms with Gasteiger partial charge in [0, 0.05) is 25.9 Å². The summed E-state index contributed by atoms with van der Waals surface area (Å²) in [5, 5.41) is 2.59. The van der Waals surface area contributed by atoms with Crippen molar-refractivity contribution in [2.75, 3.05) is 39.5 Å². The van der Waals surface area contributed by atoms with Gasteiger partial charge < -0.3 is 24.4 Å². The van der Waals surface area contributed by atoms with Gasteiger partial charge in [0.25, 0.3) is 5.91 Å². The Balaban J connectivity index is 1.35. The largest absolute Gasteiger partial charge is 0.484 e. The topological polar surface area (TPSA) is 77.1 Å². The number of benzene rings is 1. The molecule has 7 heteroatoms. The van der Waals surface area contributed by atoms with Gasteiger partial charge in [-0.15, -0.1) is 0 Å². The number of hydrogen-bond donors (Lipinski definition) is 1. The number of hydrogen-bond acceptors (Lipinski definition) is 5. The fourth-order valence-corrected chi connectivity index (χ4v) is 2.89. The number of nitrogens with one attached hydrogen (secondary N) is 1. The van der Waals surface area contributed by atoms with Gasteiger partial charge in [-0.2, -0.15) is 0 Å². The van der Waals surface area contributed by atoms with Crippen molar-refractivity contribution in [1.82, 2.24) is 10.2 Å². The van der Waals surface area contributed by atoms with Crippen LogP contribution in [0.25, 0.3) is 0 Å². The Morgan fingerprint density at radius 3 is 2.46 bits per heavy atom. The van der Waals surface area contributed by atoms with Crippen molar-refractivity contribution >= 4 is 11.8 Å². The Morgan fingerprint density at radius 1 is 1.12 bits per heavy atom. The molecule has 3 rings (SSSR count). The number of ether oxygens (including phenoxy) is 3. The fraction of sp³-hybridized carbons (Fsp3) is 0.529. The molecule has 1 spiro atoms. The molecule has 2 aliphatic rings. The summed E-state index contributed by atoms with van der Waals surface area (Å²) in [6.07, 6.45) is 1.34. The lowest BCUT2D eigenvalue weighted by molar-refractivity contribution is -0.187. The first-order valence-corrected chi connectivity index (χ1v) is 8.17. The van der Waals surface area contributed by atoms with E-state index < -0.39 is 5.79 Å². The molecule has 0 aromatic heterocycles. The number of carbonyl (C=O) groups is 2. The van der Waals surface area contributed by atoms with Crippen molar-refractivity contribution in [3.63, 3.8) is 0 Å². The molecule has 0 aliphatic carbocycles. The molecular formula is C17H22N2O5. The Hall–Kier alpha value is -2.12. The molecule has 7 nitrogen and oxygen atoms in total. The minimum absolute atomic E-state index is 0.0221. The van der Waals surface area contributed by atoms with Crippen molar-refractivity contribution in [1.29, 1.82) is 0 Å². The number of rotatable bonds is 5. The molecule has 2 fully saturated rings. The summed E-state index contributed by atoms with van der Waals surface area (Å²) in [6.45, 7) is 2.26. The van der Waals surface area contributed by atoms with Gasteiger partial charge in [-0.3, -0.25) is 9.59 Å². The standard InChI is InChI=1S/C17H22N2O5/c20-15(13-22-14-4-2-1-3-5-14)18-12-16(21)19-8-6-17(7-9-19)23-10-11-24-17/h1-5H,6-13H2,(H,18,20). The third-order valence-corrected chi connectivity index (χ3v) is 4.24. The van der Waals surface area contributed by atoms with Crippen molar-refractivity contribution in [3.8, 4) is 5.75 Å². The van der Waals surface area contributed by atoms with Gasteiger partial charge in [-0.1, -0.05) is 18.2 Å². The SMILES string of the molecule is O=C(COc1ccccc1)NCC(=O)N1CCC2(CC1)OCCO2. The maximum absolute atomic E-state index is 12.2. The lowest BCUT2D eigenvalue weighted by Gasteiger charge is -2.37. The van der Waals surface area contributed by atoms with Crippen LogP contribution in [0.4, 0.5) is 0 Å². The molecule has 2 heterocycles. The van der Waals surface area contributed by atoms with Crippen molar-refractivity contribution < 1.29 is 23.8 Å². The van der Waals surface area contributed by atoms with E-state index in [4.69, 9.17) is 14.2 Å². The van der Waals surface area contributed by atoms with Crippen LogP contribution in [0.1, 0.15) is 12.8 Å². The van der Waals surface area contributed by atoms with Gasteiger partial charge in [-0.05, 0) is 12.1 Å². The van der Waals surface area contributed by atoms with E-state index >= 15 is 0 Å². The minimum Gasteiger partial charge on any atom is -0.484 e. The smallest absolute Gasteiger partial charge is 0.258 e. The lowest BCUT2D eigenvalue weighted by Crippen LogP contribution is -2.50. The van der Waals surface area contributed by atoms with E-state index in [0.717, 1.165) is 0 Å². The second-order valence-corrected chi connectivity index (χ2v) is 5.87. The van der Waals surface area contributed by atoms with E-state index in [1.807, 2.05) is 18.2 Å². The van der Waals surface area contributed by atoms with E-state index in [0.29, 0.717) is 44.9 Å². The second kappa shape index (κ2) is 7.63. The van der Waals surface area contributed by atoms with Crippen LogP contribution in [0.5, 0.6) is 5.75 Å². The highest BCUT2D eigenvalue weighted by molar-refractivity contribution is 5.85. The van der Waals surface area contributed by atoms with Gasteiger partial charge in [0.1, 0.15) is 5.75 Å². The van der Waals surface area contributed by atoms with E-state index in [2.05, 4.69) is 5.32 Å². The molecular weight excluding hydrogens is 312 g/mol. The summed E-state index contributed by atoms with van der Waals surface area (Å²) in [5.74, 6) is -0.292. The Bertz CT molecular complexity index is 562. The second-order valence-electron chi connectivity index (χ2n) is 5.87. The summed E-state index contributed by atoms with van der Waals surface area (Å²) >= 11 is 0. The molecule has 2 aliphatic heterocycles. The van der Waals surface area contributed by atoms with Gasteiger partial charge in [0.05, 0.1) is 19.8 Å². The number of amides is 2. The normalized spacial score (nSPS) is 19.2.